The number of hydrogen-bond donors (Lipinski definition) is 0. The quantitative estimate of drug-likeness (QED) is 0.534. The smallest absolute Gasteiger partial charge is 0.227 e. The van der Waals surface area contributed by atoms with Gasteiger partial charge in [0.1, 0.15) is 17.0 Å². The maximum atomic E-state index is 13.4. The minimum atomic E-state index is 0.0208. The topological polar surface area (TPSA) is 52.6 Å². The van der Waals surface area contributed by atoms with Gasteiger partial charge in [0.2, 0.25) is 5.91 Å². The summed E-state index contributed by atoms with van der Waals surface area (Å²) in [6.45, 7) is 9.13. The van der Waals surface area contributed by atoms with E-state index in [1.165, 1.54) is 16.1 Å². The monoisotopic (exact) mass is 483 g/mol. The number of benzene rings is 1. The molecule has 4 heterocycles. The summed E-state index contributed by atoms with van der Waals surface area (Å²) in [5.74, 6) is 1.29. The number of halogens is 1. The van der Waals surface area contributed by atoms with Crippen LogP contribution < -0.4 is 9.80 Å². The normalized spacial score (nSPS) is 19.4. The molecule has 0 bridgehead atoms. The second-order valence-corrected chi connectivity index (χ2v) is 10.6. The molecular formula is C25H30ClN5OS. The lowest BCUT2D eigenvalue weighted by atomic mass is 9.96. The van der Waals surface area contributed by atoms with Crippen LogP contribution in [0.3, 0.4) is 0 Å². The number of aromatic nitrogens is 2. The van der Waals surface area contributed by atoms with Crippen molar-refractivity contribution < 1.29 is 4.79 Å². The van der Waals surface area contributed by atoms with E-state index in [2.05, 4.69) is 50.6 Å². The van der Waals surface area contributed by atoms with E-state index < -0.39 is 0 Å². The highest BCUT2D eigenvalue weighted by atomic mass is 35.5. The van der Waals surface area contributed by atoms with Crippen molar-refractivity contribution in [1.29, 1.82) is 0 Å². The van der Waals surface area contributed by atoms with Gasteiger partial charge < -0.3 is 14.7 Å². The molecule has 2 aliphatic rings. The molecule has 3 aromatic rings. The van der Waals surface area contributed by atoms with Crippen LogP contribution in [0.4, 0.5) is 11.5 Å². The molecule has 8 heteroatoms. The minimum Gasteiger partial charge on any atom is -0.368 e. The molecule has 2 saturated heterocycles. The Morgan fingerprint density at radius 1 is 1.12 bits per heavy atom. The number of fused-ring (bicyclic) bond motifs is 1. The summed E-state index contributed by atoms with van der Waals surface area (Å²) in [5.41, 5.74) is 2.39. The summed E-state index contributed by atoms with van der Waals surface area (Å²) in [6.07, 6.45) is 4.62. The Morgan fingerprint density at radius 2 is 1.94 bits per heavy atom. The van der Waals surface area contributed by atoms with E-state index in [-0.39, 0.29) is 11.8 Å². The van der Waals surface area contributed by atoms with Gasteiger partial charge in [-0.05, 0) is 49.9 Å². The molecule has 0 N–H and O–H groups in total. The molecule has 174 valence electrons. The molecule has 1 atom stereocenters. The van der Waals surface area contributed by atoms with Crippen molar-refractivity contribution in [1.82, 2.24) is 14.9 Å². The Balaban J connectivity index is 1.26. The maximum absolute atomic E-state index is 13.4. The zero-order valence-corrected chi connectivity index (χ0v) is 20.8. The van der Waals surface area contributed by atoms with E-state index >= 15 is 0 Å². The predicted octanol–water partition coefficient (Wildman–Crippen LogP) is 4.78. The van der Waals surface area contributed by atoms with Crippen LogP contribution in [0.15, 0.2) is 30.6 Å². The number of aryl methyl sites for hydroxylation is 2. The first-order chi connectivity index (χ1) is 16.0. The van der Waals surface area contributed by atoms with Crippen molar-refractivity contribution >= 4 is 50.6 Å². The molecule has 0 radical (unpaired) electrons. The Kier molecular flexibility index (Phi) is 6.43. The fourth-order valence-electron chi connectivity index (χ4n) is 5.04. The van der Waals surface area contributed by atoms with Crippen molar-refractivity contribution in [3.8, 4) is 0 Å². The van der Waals surface area contributed by atoms with E-state index in [0.717, 1.165) is 79.6 Å². The van der Waals surface area contributed by atoms with Crippen LogP contribution in [-0.2, 0) is 11.2 Å². The highest BCUT2D eigenvalue weighted by Crippen LogP contribution is 2.33. The van der Waals surface area contributed by atoms with Crippen LogP contribution in [0.5, 0.6) is 0 Å². The molecule has 0 saturated carbocycles. The third kappa shape index (κ3) is 4.53. The fraction of sp³-hybridized carbons (Fsp3) is 0.480. The standard InChI is InChI=1S/C25H30ClN5OS/c1-3-20-14-21-23(27-16-28-24(21)33-20)31-8-4-5-18(15-31)25(32)30-11-9-29(10-12-30)22-13-19(26)7-6-17(22)2/h6-7,13-14,16,18H,3-5,8-12,15H2,1-2H3. The lowest BCUT2D eigenvalue weighted by molar-refractivity contribution is -0.136. The number of carbonyl (C=O) groups excluding carboxylic acids is 1. The summed E-state index contributed by atoms with van der Waals surface area (Å²) in [4.78, 5) is 31.6. The number of piperidine rings is 1. The van der Waals surface area contributed by atoms with Crippen LogP contribution >= 0.6 is 22.9 Å². The Bertz CT molecular complexity index is 1160. The molecule has 1 amide bonds. The lowest BCUT2D eigenvalue weighted by Gasteiger charge is -2.40. The second-order valence-electron chi connectivity index (χ2n) is 9.01. The number of thiophene rings is 1. The highest BCUT2D eigenvalue weighted by molar-refractivity contribution is 7.18. The Labute approximate surface area is 204 Å². The molecule has 2 aliphatic heterocycles. The van der Waals surface area contributed by atoms with E-state index in [1.807, 2.05) is 12.1 Å². The van der Waals surface area contributed by atoms with Crippen molar-refractivity contribution in [2.75, 3.05) is 49.1 Å². The number of amides is 1. The predicted molar refractivity (Wildman–Crippen MR) is 137 cm³/mol. The number of nitrogens with zero attached hydrogens (tertiary/aromatic N) is 5. The first kappa shape index (κ1) is 22.4. The SMILES string of the molecule is CCc1cc2c(N3CCCC(C(=O)N4CCN(c5cc(Cl)ccc5C)CC4)C3)ncnc2s1. The largest absolute Gasteiger partial charge is 0.368 e. The Hall–Kier alpha value is -2.38. The first-order valence-electron chi connectivity index (χ1n) is 11.8. The van der Waals surface area contributed by atoms with Gasteiger partial charge in [0, 0.05) is 54.9 Å². The molecule has 2 fully saturated rings. The highest BCUT2D eigenvalue weighted by Gasteiger charge is 2.32. The molecular weight excluding hydrogens is 454 g/mol. The molecule has 5 rings (SSSR count). The zero-order valence-electron chi connectivity index (χ0n) is 19.3. The third-order valence-electron chi connectivity index (χ3n) is 6.88. The van der Waals surface area contributed by atoms with Gasteiger partial charge in [0.15, 0.2) is 0 Å². The van der Waals surface area contributed by atoms with Gasteiger partial charge in [-0.25, -0.2) is 9.97 Å². The number of piperazine rings is 1. The summed E-state index contributed by atoms with van der Waals surface area (Å²) in [5, 5.41) is 1.88. The molecule has 0 spiro atoms. The summed E-state index contributed by atoms with van der Waals surface area (Å²) in [6, 6.07) is 8.24. The van der Waals surface area contributed by atoms with Crippen LogP contribution in [-0.4, -0.2) is 60.0 Å². The minimum absolute atomic E-state index is 0.0208. The molecule has 1 aromatic carbocycles. The van der Waals surface area contributed by atoms with Crippen molar-refractivity contribution in [2.45, 2.75) is 33.1 Å². The summed E-state index contributed by atoms with van der Waals surface area (Å²) >= 11 is 7.96. The van der Waals surface area contributed by atoms with Gasteiger partial charge in [-0.3, -0.25) is 4.79 Å². The van der Waals surface area contributed by atoms with E-state index in [0.29, 0.717) is 0 Å². The van der Waals surface area contributed by atoms with E-state index in [4.69, 9.17) is 11.6 Å². The first-order valence-corrected chi connectivity index (χ1v) is 13.0. The number of rotatable bonds is 4. The number of hydrogen-bond acceptors (Lipinski definition) is 6. The van der Waals surface area contributed by atoms with E-state index in [9.17, 15) is 4.79 Å². The van der Waals surface area contributed by atoms with Gasteiger partial charge in [0.25, 0.3) is 0 Å². The van der Waals surface area contributed by atoms with Gasteiger partial charge in [-0.15, -0.1) is 11.3 Å². The van der Waals surface area contributed by atoms with Crippen molar-refractivity contribution in [3.63, 3.8) is 0 Å². The van der Waals surface area contributed by atoms with Gasteiger partial charge >= 0.3 is 0 Å². The average molecular weight is 484 g/mol. The van der Waals surface area contributed by atoms with Gasteiger partial charge in [0.05, 0.1) is 11.3 Å². The number of anilines is 2. The van der Waals surface area contributed by atoms with Crippen LogP contribution in [0.25, 0.3) is 10.2 Å². The molecule has 6 nitrogen and oxygen atoms in total. The molecule has 1 unspecified atom stereocenters. The van der Waals surface area contributed by atoms with Gasteiger partial charge in [-0.2, -0.15) is 0 Å². The lowest BCUT2D eigenvalue weighted by Crippen LogP contribution is -2.52. The summed E-state index contributed by atoms with van der Waals surface area (Å²) in [7, 11) is 0. The summed E-state index contributed by atoms with van der Waals surface area (Å²) < 4.78 is 0. The van der Waals surface area contributed by atoms with Gasteiger partial charge in [-0.1, -0.05) is 24.6 Å². The fourth-order valence-corrected chi connectivity index (χ4v) is 6.14. The Morgan fingerprint density at radius 3 is 2.73 bits per heavy atom. The van der Waals surface area contributed by atoms with E-state index in [1.54, 1.807) is 17.7 Å². The van der Waals surface area contributed by atoms with Crippen LogP contribution in [0.1, 0.15) is 30.2 Å². The molecule has 33 heavy (non-hydrogen) atoms. The average Bonchev–Trinajstić information content (AvgIpc) is 3.29. The maximum Gasteiger partial charge on any atom is 0.227 e. The van der Waals surface area contributed by atoms with Crippen molar-refractivity contribution in [2.24, 2.45) is 5.92 Å². The zero-order chi connectivity index (χ0) is 22.9. The second kappa shape index (κ2) is 9.47. The molecule has 0 aliphatic carbocycles. The van der Waals surface area contributed by atoms with Crippen LogP contribution in [0, 0.1) is 12.8 Å². The number of carbonyl (C=O) groups is 1. The van der Waals surface area contributed by atoms with Crippen LogP contribution in [0.2, 0.25) is 5.02 Å². The third-order valence-corrected chi connectivity index (χ3v) is 8.30. The molecule has 2 aromatic heterocycles. The van der Waals surface area contributed by atoms with Crippen molar-refractivity contribution in [3.05, 3.63) is 46.1 Å².